The molecule has 0 aliphatic carbocycles. The van der Waals surface area contributed by atoms with E-state index < -0.39 is 0 Å². The molecule has 0 aliphatic heterocycles. The van der Waals surface area contributed by atoms with Crippen molar-refractivity contribution in [1.82, 2.24) is 0 Å². The Kier molecular flexibility index (Phi) is 3.44. The average molecular weight is 247 g/mol. The molecule has 1 aromatic carbocycles. The lowest BCUT2D eigenvalue weighted by Gasteiger charge is -2.02. The number of esters is 1. The van der Waals surface area contributed by atoms with Gasteiger partial charge in [-0.25, -0.2) is 4.79 Å². The van der Waals surface area contributed by atoms with Crippen LogP contribution in [0.5, 0.6) is 0 Å². The summed E-state index contributed by atoms with van der Waals surface area (Å²) in [4.78, 5) is 12.3. The lowest BCUT2D eigenvalue weighted by Crippen LogP contribution is -2.02. The third kappa shape index (κ3) is 2.85. The topological polar surface area (TPSA) is 52.3 Å². The molecule has 2 aromatic rings. The molecule has 1 heterocycles. The quantitative estimate of drug-likeness (QED) is 0.848. The second-order valence-corrected chi connectivity index (χ2v) is 4.80. The van der Waals surface area contributed by atoms with Crippen molar-refractivity contribution >= 4 is 22.3 Å². The van der Waals surface area contributed by atoms with E-state index in [9.17, 15) is 4.79 Å². The Morgan fingerprint density at radius 3 is 2.65 bits per heavy atom. The fourth-order valence-electron chi connectivity index (χ4n) is 1.39. The summed E-state index contributed by atoms with van der Waals surface area (Å²) < 4.78 is 5.20. The predicted octanol–water partition coefficient (Wildman–Crippen LogP) is 3.00. The first-order chi connectivity index (χ1) is 8.16. The highest BCUT2D eigenvalue weighted by Gasteiger charge is 2.12. The second-order valence-electron chi connectivity index (χ2n) is 3.72. The van der Waals surface area contributed by atoms with Crippen LogP contribution in [0.15, 0.2) is 36.4 Å². The van der Waals surface area contributed by atoms with Crippen LogP contribution in [0.4, 0.5) is 5.00 Å². The lowest BCUT2D eigenvalue weighted by atomic mass is 10.2. The molecule has 0 aliphatic rings. The first kappa shape index (κ1) is 11.7. The molecular formula is C13H13NO2S. The normalized spacial score (nSPS) is 10.2. The summed E-state index contributed by atoms with van der Waals surface area (Å²) in [6, 6.07) is 11.3. The van der Waals surface area contributed by atoms with Crippen molar-refractivity contribution in [3.63, 3.8) is 0 Å². The summed E-state index contributed by atoms with van der Waals surface area (Å²) in [5, 5.41) is 0.664. The molecule has 1 aromatic heterocycles. The molecule has 0 unspecified atom stereocenters. The number of carbonyl (C=O) groups is 1. The van der Waals surface area contributed by atoms with E-state index in [-0.39, 0.29) is 12.6 Å². The highest BCUT2D eigenvalue weighted by atomic mass is 32.1. The number of benzene rings is 1. The molecule has 2 N–H and O–H groups in total. The van der Waals surface area contributed by atoms with Crippen LogP contribution in [0.25, 0.3) is 0 Å². The molecule has 0 bridgehead atoms. The van der Waals surface area contributed by atoms with Crippen LogP contribution in [0.2, 0.25) is 0 Å². The standard InChI is InChI=1S/C13H13NO2S/c1-9-7-11(17-12(9)14)13(15)16-8-10-5-3-2-4-6-10/h2-7H,8,14H2,1H3. The zero-order valence-corrected chi connectivity index (χ0v) is 10.3. The highest BCUT2D eigenvalue weighted by molar-refractivity contribution is 7.17. The Hall–Kier alpha value is -1.81. The molecule has 2 rings (SSSR count). The molecule has 0 amide bonds. The number of nitrogen functional groups attached to an aromatic ring is 1. The van der Waals surface area contributed by atoms with E-state index in [1.807, 2.05) is 37.3 Å². The summed E-state index contributed by atoms with van der Waals surface area (Å²) in [5.41, 5.74) is 7.59. The number of hydrogen-bond acceptors (Lipinski definition) is 4. The monoisotopic (exact) mass is 247 g/mol. The molecule has 0 saturated carbocycles. The maximum atomic E-state index is 11.7. The fraction of sp³-hybridized carbons (Fsp3) is 0.154. The Balaban J connectivity index is 1.98. The van der Waals surface area contributed by atoms with Gasteiger partial charge in [0.1, 0.15) is 11.5 Å². The Labute approximate surface area is 104 Å². The second kappa shape index (κ2) is 5.01. The molecule has 3 nitrogen and oxygen atoms in total. The number of ether oxygens (including phenoxy) is 1. The van der Waals surface area contributed by atoms with E-state index in [2.05, 4.69) is 0 Å². The summed E-state index contributed by atoms with van der Waals surface area (Å²) in [7, 11) is 0. The van der Waals surface area contributed by atoms with Gasteiger partial charge in [-0.15, -0.1) is 11.3 Å². The maximum absolute atomic E-state index is 11.7. The van der Waals surface area contributed by atoms with Crippen LogP contribution in [0, 0.1) is 6.92 Å². The summed E-state index contributed by atoms with van der Waals surface area (Å²) in [6.45, 7) is 2.16. The molecule has 0 saturated heterocycles. The smallest absolute Gasteiger partial charge is 0.348 e. The maximum Gasteiger partial charge on any atom is 0.348 e. The van der Waals surface area contributed by atoms with Gasteiger partial charge in [-0.05, 0) is 24.1 Å². The summed E-state index contributed by atoms with van der Waals surface area (Å²) in [5.74, 6) is -0.321. The van der Waals surface area contributed by atoms with Crippen molar-refractivity contribution in [3.8, 4) is 0 Å². The summed E-state index contributed by atoms with van der Waals surface area (Å²) >= 11 is 1.26. The van der Waals surface area contributed by atoms with Crippen LogP contribution >= 0.6 is 11.3 Å². The predicted molar refractivity (Wildman–Crippen MR) is 69.0 cm³/mol. The van der Waals surface area contributed by atoms with Crippen molar-refractivity contribution in [3.05, 3.63) is 52.4 Å². The van der Waals surface area contributed by atoms with Gasteiger partial charge in [0, 0.05) is 0 Å². The number of rotatable bonds is 3. The number of carbonyl (C=O) groups excluding carboxylic acids is 1. The Morgan fingerprint density at radius 2 is 2.06 bits per heavy atom. The first-order valence-electron chi connectivity index (χ1n) is 5.24. The largest absolute Gasteiger partial charge is 0.457 e. The SMILES string of the molecule is Cc1cc(C(=O)OCc2ccccc2)sc1N. The van der Waals surface area contributed by atoms with Crippen molar-refractivity contribution in [2.24, 2.45) is 0 Å². The molecule has 0 fully saturated rings. The van der Waals surface area contributed by atoms with Gasteiger partial charge in [0.15, 0.2) is 0 Å². The van der Waals surface area contributed by atoms with Gasteiger partial charge in [0.2, 0.25) is 0 Å². The molecule has 17 heavy (non-hydrogen) atoms. The number of aryl methyl sites for hydroxylation is 1. The van der Waals surface area contributed by atoms with Crippen LogP contribution < -0.4 is 5.73 Å². The van der Waals surface area contributed by atoms with Gasteiger partial charge in [-0.3, -0.25) is 0 Å². The number of thiophene rings is 1. The van der Waals surface area contributed by atoms with Crippen molar-refractivity contribution < 1.29 is 9.53 Å². The first-order valence-corrected chi connectivity index (χ1v) is 6.05. The van der Waals surface area contributed by atoms with Crippen molar-refractivity contribution in [1.29, 1.82) is 0 Å². The third-order valence-electron chi connectivity index (χ3n) is 2.37. The van der Waals surface area contributed by atoms with Crippen molar-refractivity contribution in [2.45, 2.75) is 13.5 Å². The summed E-state index contributed by atoms with van der Waals surface area (Å²) in [6.07, 6.45) is 0. The third-order valence-corrected chi connectivity index (χ3v) is 3.42. The fourth-order valence-corrected chi connectivity index (χ4v) is 2.23. The lowest BCUT2D eigenvalue weighted by molar-refractivity contribution is 0.0478. The zero-order valence-electron chi connectivity index (χ0n) is 9.47. The zero-order chi connectivity index (χ0) is 12.3. The van der Waals surface area contributed by atoms with E-state index in [1.54, 1.807) is 6.07 Å². The highest BCUT2D eigenvalue weighted by Crippen LogP contribution is 2.24. The molecule has 88 valence electrons. The van der Waals surface area contributed by atoms with Gasteiger partial charge >= 0.3 is 5.97 Å². The minimum atomic E-state index is -0.321. The Morgan fingerprint density at radius 1 is 1.35 bits per heavy atom. The van der Waals surface area contributed by atoms with Crippen molar-refractivity contribution in [2.75, 3.05) is 5.73 Å². The van der Waals surface area contributed by atoms with Gasteiger partial charge < -0.3 is 10.5 Å². The Bertz CT molecular complexity index is 500. The average Bonchev–Trinajstić information content (AvgIpc) is 2.68. The van der Waals surface area contributed by atoms with Gasteiger partial charge in [-0.2, -0.15) is 0 Å². The molecular weight excluding hydrogens is 234 g/mol. The minimum Gasteiger partial charge on any atom is -0.457 e. The molecule has 0 spiro atoms. The van der Waals surface area contributed by atoms with E-state index in [0.717, 1.165) is 11.1 Å². The van der Waals surface area contributed by atoms with Crippen LogP contribution in [0.1, 0.15) is 20.8 Å². The van der Waals surface area contributed by atoms with Crippen LogP contribution in [-0.2, 0) is 11.3 Å². The molecule has 0 atom stereocenters. The number of anilines is 1. The van der Waals surface area contributed by atoms with E-state index in [4.69, 9.17) is 10.5 Å². The van der Waals surface area contributed by atoms with Gasteiger partial charge in [0.25, 0.3) is 0 Å². The van der Waals surface area contributed by atoms with Gasteiger partial charge in [-0.1, -0.05) is 30.3 Å². The molecule has 4 heteroatoms. The number of nitrogens with two attached hydrogens (primary N) is 1. The van der Waals surface area contributed by atoms with Crippen LogP contribution in [-0.4, -0.2) is 5.97 Å². The molecule has 0 radical (unpaired) electrons. The van der Waals surface area contributed by atoms with E-state index >= 15 is 0 Å². The van der Waals surface area contributed by atoms with E-state index in [0.29, 0.717) is 9.88 Å². The number of hydrogen-bond donors (Lipinski definition) is 1. The van der Waals surface area contributed by atoms with Crippen LogP contribution in [0.3, 0.4) is 0 Å². The van der Waals surface area contributed by atoms with Gasteiger partial charge in [0.05, 0.1) is 5.00 Å². The van der Waals surface area contributed by atoms with E-state index in [1.165, 1.54) is 11.3 Å². The minimum absolute atomic E-state index is 0.288.